The van der Waals surface area contributed by atoms with Crippen molar-refractivity contribution in [3.8, 4) is 0 Å². The summed E-state index contributed by atoms with van der Waals surface area (Å²) < 4.78 is 0. The molecule has 5 rings (SSSR count). The maximum atomic E-state index is 6.04. The molecule has 0 saturated carbocycles. The maximum absolute atomic E-state index is 6.04. The highest BCUT2D eigenvalue weighted by Crippen LogP contribution is 2.28. The number of hydrogen-bond donors (Lipinski definition) is 1. The number of hydrogen-bond acceptors (Lipinski definition) is 5. The van der Waals surface area contributed by atoms with E-state index >= 15 is 0 Å². The minimum Gasteiger partial charge on any atom is -0.368 e. The normalized spacial score (nSPS) is 15.1. The van der Waals surface area contributed by atoms with Gasteiger partial charge in [-0.15, -0.1) is 0 Å². The summed E-state index contributed by atoms with van der Waals surface area (Å²) in [7, 11) is 0. The molecule has 0 amide bonds. The Morgan fingerprint density at radius 2 is 1.44 bits per heavy atom. The molecule has 162 valence electrons. The summed E-state index contributed by atoms with van der Waals surface area (Å²) in [5, 5.41) is 5.43. The van der Waals surface area contributed by atoms with Crippen molar-refractivity contribution in [1.82, 2.24) is 9.97 Å². The Bertz CT molecular complexity index is 1190. The second kappa shape index (κ2) is 9.05. The van der Waals surface area contributed by atoms with Crippen LogP contribution < -0.4 is 15.1 Å². The Morgan fingerprint density at radius 3 is 2.19 bits per heavy atom. The van der Waals surface area contributed by atoms with Crippen LogP contribution in [-0.4, -0.2) is 36.1 Å². The first-order valence-corrected chi connectivity index (χ1v) is 11.4. The van der Waals surface area contributed by atoms with Crippen LogP contribution in [-0.2, 0) is 0 Å². The number of para-hydroxylation sites is 1. The lowest BCUT2D eigenvalue weighted by Crippen LogP contribution is -2.47. The molecule has 1 aromatic heterocycles. The van der Waals surface area contributed by atoms with Gasteiger partial charge in [0.05, 0.1) is 5.52 Å². The third-order valence-electron chi connectivity index (χ3n) is 6.00. The fourth-order valence-corrected chi connectivity index (χ4v) is 4.29. The van der Waals surface area contributed by atoms with Gasteiger partial charge < -0.3 is 15.1 Å². The van der Waals surface area contributed by atoms with Gasteiger partial charge in [0.1, 0.15) is 5.82 Å². The maximum Gasteiger partial charge on any atom is 0.228 e. The molecule has 5 nitrogen and oxygen atoms in total. The summed E-state index contributed by atoms with van der Waals surface area (Å²) in [5.41, 5.74) is 3.39. The van der Waals surface area contributed by atoms with E-state index in [9.17, 15) is 0 Å². The zero-order chi connectivity index (χ0) is 21.9. The molecule has 1 fully saturated rings. The zero-order valence-electron chi connectivity index (χ0n) is 18.1. The van der Waals surface area contributed by atoms with E-state index in [0.717, 1.165) is 53.9 Å². The van der Waals surface area contributed by atoms with Crippen molar-refractivity contribution in [3.05, 3.63) is 89.4 Å². The van der Waals surface area contributed by atoms with E-state index in [4.69, 9.17) is 21.6 Å². The molecule has 1 aliphatic heterocycles. The second-order valence-electron chi connectivity index (χ2n) is 8.12. The number of fused-ring (bicyclic) bond motifs is 1. The number of benzene rings is 3. The Kier molecular flexibility index (Phi) is 5.82. The lowest BCUT2D eigenvalue weighted by atomic mass is 10.1. The molecule has 1 aliphatic rings. The third-order valence-corrected chi connectivity index (χ3v) is 6.25. The van der Waals surface area contributed by atoms with E-state index in [-0.39, 0.29) is 6.04 Å². The van der Waals surface area contributed by atoms with E-state index in [1.54, 1.807) is 0 Å². The van der Waals surface area contributed by atoms with Crippen LogP contribution in [0.1, 0.15) is 18.5 Å². The van der Waals surface area contributed by atoms with Crippen molar-refractivity contribution in [2.75, 3.05) is 41.3 Å². The molecule has 0 spiro atoms. The predicted molar refractivity (Wildman–Crippen MR) is 134 cm³/mol. The molecule has 1 saturated heterocycles. The van der Waals surface area contributed by atoms with Crippen LogP contribution in [0.2, 0.25) is 5.02 Å². The van der Waals surface area contributed by atoms with Crippen molar-refractivity contribution in [2.24, 2.45) is 0 Å². The summed E-state index contributed by atoms with van der Waals surface area (Å²) in [6, 6.07) is 26.8. The highest BCUT2D eigenvalue weighted by molar-refractivity contribution is 6.30. The fourth-order valence-electron chi connectivity index (χ4n) is 4.16. The van der Waals surface area contributed by atoms with Gasteiger partial charge in [-0.05, 0) is 48.9 Å². The SMILES string of the molecule is CC(Nc1nc(N2CCN(c3ccc(Cl)cc3)CC2)nc2ccccc12)c1ccccc1. The van der Waals surface area contributed by atoms with E-state index in [1.807, 2.05) is 30.3 Å². The monoisotopic (exact) mass is 443 g/mol. The molecule has 6 heteroatoms. The molecule has 1 unspecified atom stereocenters. The van der Waals surface area contributed by atoms with Gasteiger partial charge in [-0.2, -0.15) is 4.98 Å². The number of halogens is 1. The molecule has 0 aliphatic carbocycles. The van der Waals surface area contributed by atoms with Gasteiger partial charge in [0.2, 0.25) is 5.95 Å². The Balaban J connectivity index is 1.38. The Hall–Kier alpha value is -3.31. The fraction of sp³-hybridized carbons (Fsp3) is 0.231. The number of anilines is 3. The highest BCUT2D eigenvalue weighted by atomic mass is 35.5. The van der Waals surface area contributed by atoms with E-state index < -0.39 is 0 Å². The molecule has 32 heavy (non-hydrogen) atoms. The Morgan fingerprint density at radius 1 is 0.781 bits per heavy atom. The molecule has 1 N–H and O–H groups in total. The summed E-state index contributed by atoms with van der Waals surface area (Å²) in [4.78, 5) is 14.5. The summed E-state index contributed by atoms with van der Waals surface area (Å²) >= 11 is 6.04. The molecule has 3 aromatic carbocycles. The first-order chi connectivity index (χ1) is 15.7. The first kappa shape index (κ1) is 20.6. The number of piperazine rings is 1. The van der Waals surface area contributed by atoms with Gasteiger partial charge in [0.25, 0.3) is 0 Å². The lowest BCUT2D eigenvalue weighted by molar-refractivity contribution is 0.641. The third kappa shape index (κ3) is 4.34. The van der Waals surface area contributed by atoms with Gasteiger partial charge in [-0.3, -0.25) is 0 Å². The zero-order valence-corrected chi connectivity index (χ0v) is 18.8. The Labute approximate surface area is 193 Å². The lowest BCUT2D eigenvalue weighted by Gasteiger charge is -2.36. The topological polar surface area (TPSA) is 44.3 Å². The smallest absolute Gasteiger partial charge is 0.228 e. The van der Waals surface area contributed by atoms with Gasteiger partial charge in [-0.25, -0.2) is 4.98 Å². The van der Waals surface area contributed by atoms with Crippen LogP contribution in [0.15, 0.2) is 78.9 Å². The van der Waals surface area contributed by atoms with Crippen molar-refractivity contribution < 1.29 is 0 Å². The van der Waals surface area contributed by atoms with Crippen LogP contribution in [0.5, 0.6) is 0 Å². The van der Waals surface area contributed by atoms with Gasteiger partial charge in [0, 0.05) is 48.3 Å². The van der Waals surface area contributed by atoms with Crippen LogP contribution in [0, 0.1) is 0 Å². The number of nitrogens with zero attached hydrogens (tertiary/aromatic N) is 4. The average Bonchev–Trinajstić information content (AvgIpc) is 2.85. The standard InChI is InChI=1S/C26H26ClN5/c1-19(20-7-3-2-4-8-20)28-25-23-9-5-6-10-24(23)29-26(30-25)32-17-15-31(16-18-32)22-13-11-21(27)12-14-22/h2-14,19H,15-18H2,1H3,(H,28,29,30). The van der Waals surface area contributed by atoms with Crippen LogP contribution in [0.4, 0.5) is 17.5 Å². The molecule has 0 radical (unpaired) electrons. The average molecular weight is 444 g/mol. The number of aromatic nitrogens is 2. The van der Waals surface area contributed by atoms with Crippen molar-refractivity contribution in [1.29, 1.82) is 0 Å². The quantitative estimate of drug-likeness (QED) is 0.423. The largest absolute Gasteiger partial charge is 0.368 e. The van der Waals surface area contributed by atoms with Gasteiger partial charge in [0.15, 0.2) is 0 Å². The molecule has 4 aromatic rings. The molecule has 1 atom stereocenters. The van der Waals surface area contributed by atoms with Gasteiger partial charge in [-0.1, -0.05) is 54.1 Å². The number of rotatable bonds is 5. The van der Waals surface area contributed by atoms with Crippen LogP contribution in [0.25, 0.3) is 10.9 Å². The summed E-state index contributed by atoms with van der Waals surface area (Å²) in [6.45, 7) is 5.74. The van der Waals surface area contributed by atoms with Crippen molar-refractivity contribution >= 4 is 40.0 Å². The molecule has 0 bridgehead atoms. The highest BCUT2D eigenvalue weighted by Gasteiger charge is 2.21. The van der Waals surface area contributed by atoms with Crippen LogP contribution >= 0.6 is 11.6 Å². The minimum absolute atomic E-state index is 0.143. The molecular formula is C26H26ClN5. The molecular weight excluding hydrogens is 418 g/mol. The second-order valence-corrected chi connectivity index (χ2v) is 8.55. The predicted octanol–water partition coefficient (Wildman–Crippen LogP) is 5.78. The minimum atomic E-state index is 0.143. The van der Waals surface area contributed by atoms with Crippen LogP contribution in [0.3, 0.4) is 0 Å². The summed E-state index contributed by atoms with van der Waals surface area (Å²) in [5.74, 6) is 1.66. The first-order valence-electron chi connectivity index (χ1n) is 11.0. The van der Waals surface area contributed by atoms with E-state index in [1.165, 1.54) is 11.3 Å². The van der Waals surface area contributed by atoms with Crippen molar-refractivity contribution in [3.63, 3.8) is 0 Å². The van der Waals surface area contributed by atoms with E-state index in [2.05, 4.69) is 70.6 Å². The summed E-state index contributed by atoms with van der Waals surface area (Å²) in [6.07, 6.45) is 0. The van der Waals surface area contributed by atoms with Crippen molar-refractivity contribution in [2.45, 2.75) is 13.0 Å². The van der Waals surface area contributed by atoms with E-state index in [0.29, 0.717) is 0 Å². The number of nitrogens with one attached hydrogen (secondary N) is 1. The van der Waals surface area contributed by atoms with Gasteiger partial charge >= 0.3 is 0 Å². The molecule has 2 heterocycles.